The highest BCUT2D eigenvalue weighted by molar-refractivity contribution is 4.88. The second-order valence-corrected chi connectivity index (χ2v) is 3.17. The Labute approximate surface area is 70.9 Å². The molecule has 0 rings (SSSR count). The van der Waals surface area contributed by atoms with Crippen LogP contribution in [0.25, 0.3) is 0 Å². The van der Waals surface area contributed by atoms with E-state index in [0.717, 1.165) is 0 Å². The van der Waals surface area contributed by atoms with E-state index in [9.17, 15) is 0 Å². The normalized spacial score (nSPS) is 17.1. The van der Waals surface area contributed by atoms with Crippen LogP contribution in [0.5, 0.6) is 0 Å². The molecule has 0 radical (unpaired) electrons. The van der Waals surface area contributed by atoms with Gasteiger partial charge in [0.25, 0.3) is 0 Å². The predicted molar refractivity (Wildman–Crippen MR) is 51.8 cm³/mol. The van der Waals surface area contributed by atoms with E-state index in [4.69, 9.17) is 0 Å². The van der Waals surface area contributed by atoms with Gasteiger partial charge >= 0.3 is 0 Å². The van der Waals surface area contributed by atoms with Gasteiger partial charge in [-0.25, -0.2) is 0 Å². The van der Waals surface area contributed by atoms with E-state index in [1.165, 1.54) is 12.8 Å². The molecule has 0 aromatic heterocycles. The molecule has 2 unspecified atom stereocenters. The molecule has 0 fully saturated rings. The Morgan fingerprint density at radius 3 is 2.45 bits per heavy atom. The fourth-order valence-electron chi connectivity index (χ4n) is 1.31. The van der Waals surface area contributed by atoms with E-state index in [1.807, 2.05) is 0 Å². The molecule has 0 aliphatic carbocycles. The Hall–Kier alpha value is -0.300. The van der Waals surface area contributed by atoms with Gasteiger partial charge in [-0.2, -0.15) is 0 Å². The lowest BCUT2D eigenvalue weighted by Crippen LogP contribution is -2.32. The maximum Gasteiger partial charge on any atom is 0.0224 e. The number of rotatable bonds is 5. The van der Waals surface area contributed by atoms with Crippen molar-refractivity contribution in [2.45, 2.75) is 52.6 Å². The van der Waals surface area contributed by atoms with Crippen molar-refractivity contribution in [1.82, 2.24) is 5.32 Å². The topological polar surface area (TPSA) is 12.0 Å². The summed E-state index contributed by atoms with van der Waals surface area (Å²) in [5.41, 5.74) is 0. The van der Waals surface area contributed by atoms with E-state index in [1.54, 1.807) is 0 Å². The Balaban J connectivity index is 3.48. The van der Waals surface area contributed by atoms with Gasteiger partial charge in [-0.15, -0.1) is 0 Å². The first-order valence-corrected chi connectivity index (χ1v) is 4.59. The molecular formula is C10H21N. The zero-order valence-corrected chi connectivity index (χ0v) is 8.22. The van der Waals surface area contributed by atoms with Crippen LogP contribution in [0.1, 0.15) is 40.5 Å². The zero-order chi connectivity index (χ0) is 8.69. The second-order valence-electron chi connectivity index (χ2n) is 3.17. The van der Waals surface area contributed by atoms with Crippen LogP contribution in [0.2, 0.25) is 0 Å². The van der Waals surface area contributed by atoms with Crippen LogP contribution in [-0.4, -0.2) is 12.1 Å². The molecule has 0 aliphatic rings. The number of allylic oxidation sites excluding steroid dienone is 1. The predicted octanol–water partition coefficient (Wildman–Crippen LogP) is 2.73. The van der Waals surface area contributed by atoms with Gasteiger partial charge in [0.2, 0.25) is 0 Å². The lowest BCUT2D eigenvalue weighted by atomic mass is 10.1. The van der Waals surface area contributed by atoms with Gasteiger partial charge in [0.05, 0.1) is 0 Å². The third kappa shape index (κ3) is 6.11. The SMILES string of the molecule is C/C=C\C(C)NC(C)CCC. The van der Waals surface area contributed by atoms with Crippen LogP contribution in [0.15, 0.2) is 12.2 Å². The molecule has 1 heteroatoms. The Kier molecular flexibility index (Phi) is 6.24. The van der Waals surface area contributed by atoms with Crippen LogP contribution in [0.4, 0.5) is 0 Å². The summed E-state index contributed by atoms with van der Waals surface area (Å²) in [6, 6.07) is 1.16. The van der Waals surface area contributed by atoms with Crippen molar-refractivity contribution in [1.29, 1.82) is 0 Å². The van der Waals surface area contributed by atoms with Gasteiger partial charge in [0.15, 0.2) is 0 Å². The van der Waals surface area contributed by atoms with Crippen molar-refractivity contribution in [3.63, 3.8) is 0 Å². The average Bonchev–Trinajstić information content (AvgIpc) is 1.87. The molecule has 0 aliphatic heterocycles. The third-order valence-electron chi connectivity index (χ3n) is 1.75. The molecule has 2 atom stereocenters. The van der Waals surface area contributed by atoms with Crippen molar-refractivity contribution < 1.29 is 0 Å². The quantitative estimate of drug-likeness (QED) is 0.602. The monoisotopic (exact) mass is 155 g/mol. The highest BCUT2D eigenvalue weighted by Gasteiger charge is 2.01. The van der Waals surface area contributed by atoms with Gasteiger partial charge in [0.1, 0.15) is 0 Å². The molecule has 11 heavy (non-hydrogen) atoms. The van der Waals surface area contributed by atoms with E-state index >= 15 is 0 Å². The highest BCUT2D eigenvalue weighted by atomic mass is 14.9. The fourth-order valence-corrected chi connectivity index (χ4v) is 1.31. The number of hydrogen-bond donors (Lipinski definition) is 1. The highest BCUT2D eigenvalue weighted by Crippen LogP contribution is 1.97. The molecule has 0 bridgehead atoms. The van der Waals surface area contributed by atoms with Crippen molar-refractivity contribution in [2.75, 3.05) is 0 Å². The molecule has 1 nitrogen and oxygen atoms in total. The maximum absolute atomic E-state index is 3.49. The molecule has 0 saturated heterocycles. The first-order valence-electron chi connectivity index (χ1n) is 4.59. The van der Waals surface area contributed by atoms with Crippen LogP contribution < -0.4 is 5.32 Å². The van der Waals surface area contributed by atoms with Crippen LogP contribution in [0.3, 0.4) is 0 Å². The molecule has 0 spiro atoms. The summed E-state index contributed by atoms with van der Waals surface area (Å²) in [5, 5.41) is 3.49. The minimum Gasteiger partial charge on any atom is -0.308 e. The largest absolute Gasteiger partial charge is 0.308 e. The van der Waals surface area contributed by atoms with Crippen LogP contribution >= 0.6 is 0 Å². The van der Waals surface area contributed by atoms with E-state index < -0.39 is 0 Å². The fraction of sp³-hybridized carbons (Fsp3) is 0.800. The van der Waals surface area contributed by atoms with Gasteiger partial charge in [-0.05, 0) is 27.2 Å². The third-order valence-corrected chi connectivity index (χ3v) is 1.75. The summed E-state index contributed by atoms with van der Waals surface area (Å²) < 4.78 is 0. The van der Waals surface area contributed by atoms with Crippen molar-refractivity contribution in [3.8, 4) is 0 Å². The minimum absolute atomic E-state index is 0.515. The Morgan fingerprint density at radius 1 is 1.36 bits per heavy atom. The Bertz CT molecular complexity index is 107. The maximum atomic E-state index is 3.49. The molecule has 0 heterocycles. The van der Waals surface area contributed by atoms with Crippen molar-refractivity contribution >= 4 is 0 Å². The first-order chi connectivity index (χ1) is 5.20. The standard InChI is InChI=1S/C10H21N/c1-5-7-9(3)11-10(4)8-6-2/h5,7,9-11H,6,8H2,1-4H3/b7-5-. The van der Waals surface area contributed by atoms with Gasteiger partial charge in [0, 0.05) is 12.1 Å². The van der Waals surface area contributed by atoms with Gasteiger partial charge < -0.3 is 5.32 Å². The van der Waals surface area contributed by atoms with E-state index in [0.29, 0.717) is 12.1 Å². The molecule has 0 aromatic rings. The zero-order valence-electron chi connectivity index (χ0n) is 8.22. The lowest BCUT2D eigenvalue weighted by molar-refractivity contribution is 0.483. The van der Waals surface area contributed by atoms with Crippen LogP contribution in [0, 0.1) is 0 Å². The molecule has 0 saturated carbocycles. The summed E-state index contributed by atoms with van der Waals surface area (Å²) in [6.45, 7) is 8.71. The smallest absolute Gasteiger partial charge is 0.0224 e. The van der Waals surface area contributed by atoms with E-state index in [2.05, 4.69) is 45.2 Å². The summed E-state index contributed by atoms with van der Waals surface area (Å²) in [4.78, 5) is 0. The minimum atomic E-state index is 0.515. The summed E-state index contributed by atoms with van der Waals surface area (Å²) in [6.07, 6.45) is 6.81. The van der Waals surface area contributed by atoms with Gasteiger partial charge in [-0.3, -0.25) is 0 Å². The molecule has 66 valence electrons. The molecule has 1 N–H and O–H groups in total. The number of hydrogen-bond acceptors (Lipinski definition) is 1. The average molecular weight is 155 g/mol. The summed E-state index contributed by atoms with van der Waals surface area (Å²) in [7, 11) is 0. The first kappa shape index (κ1) is 10.7. The van der Waals surface area contributed by atoms with Crippen LogP contribution in [-0.2, 0) is 0 Å². The van der Waals surface area contributed by atoms with E-state index in [-0.39, 0.29) is 0 Å². The summed E-state index contributed by atoms with van der Waals surface area (Å²) in [5.74, 6) is 0. The number of nitrogens with one attached hydrogen (secondary N) is 1. The lowest BCUT2D eigenvalue weighted by Gasteiger charge is -2.16. The summed E-state index contributed by atoms with van der Waals surface area (Å²) >= 11 is 0. The van der Waals surface area contributed by atoms with Crippen molar-refractivity contribution in [3.05, 3.63) is 12.2 Å². The van der Waals surface area contributed by atoms with Gasteiger partial charge in [-0.1, -0.05) is 25.5 Å². The second kappa shape index (κ2) is 6.41. The molecule has 0 amide bonds. The Morgan fingerprint density at radius 2 is 2.00 bits per heavy atom. The molecular weight excluding hydrogens is 134 g/mol. The molecule has 0 aromatic carbocycles. The van der Waals surface area contributed by atoms with Crippen molar-refractivity contribution in [2.24, 2.45) is 0 Å².